The van der Waals surface area contributed by atoms with Gasteiger partial charge in [0.25, 0.3) is 0 Å². The topological polar surface area (TPSA) is 93.6 Å². The lowest BCUT2D eigenvalue weighted by atomic mass is 10.1. The summed E-state index contributed by atoms with van der Waals surface area (Å²) in [6, 6.07) is 5.07. The summed E-state index contributed by atoms with van der Waals surface area (Å²) in [6.45, 7) is 3.37. The summed E-state index contributed by atoms with van der Waals surface area (Å²) in [5.41, 5.74) is 2.43. The van der Waals surface area contributed by atoms with E-state index in [9.17, 15) is 5.11 Å². The monoisotopic (exact) mass is 543 g/mol. The second-order valence-electron chi connectivity index (χ2n) is 9.46. The predicted octanol–water partition coefficient (Wildman–Crippen LogP) is 3.97. The summed E-state index contributed by atoms with van der Waals surface area (Å²) in [7, 11) is 1.69. The first-order valence-electron chi connectivity index (χ1n) is 12.3. The fourth-order valence-corrected chi connectivity index (χ4v) is 5.99. The Kier molecular flexibility index (Phi) is 6.47. The molecule has 37 heavy (non-hydrogen) atoms. The quantitative estimate of drug-likeness (QED) is 0.395. The lowest BCUT2D eigenvalue weighted by molar-refractivity contribution is -0.0178. The Morgan fingerprint density at radius 1 is 1.27 bits per heavy atom. The minimum absolute atomic E-state index is 0.0775. The van der Waals surface area contributed by atoms with E-state index in [4.69, 9.17) is 26.3 Å². The number of aromatic nitrogens is 5. The number of nitrogens with zero attached hydrogens (tertiary/aromatic N) is 7. The molecule has 1 aromatic carbocycles. The average molecular weight is 544 g/mol. The first-order chi connectivity index (χ1) is 17.9. The number of thiazole rings is 1. The molecule has 0 bridgehead atoms. The molecule has 6 rings (SSSR count). The van der Waals surface area contributed by atoms with E-state index >= 15 is 4.39 Å². The van der Waals surface area contributed by atoms with E-state index in [1.165, 1.54) is 17.4 Å². The van der Waals surface area contributed by atoms with Gasteiger partial charge in [-0.05, 0) is 38.0 Å². The maximum absolute atomic E-state index is 15.1. The van der Waals surface area contributed by atoms with Crippen molar-refractivity contribution in [3.05, 3.63) is 51.8 Å². The molecule has 1 aliphatic heterocycles. The Balaban J connectivity index is 1.47. The van der Waals surface area contributed by atoms with Crippen LogP contribution in [0.15, 0.2) is 35.6 Å². The molecule has 1 saturated heterocycles. The van der Waals surface area contributed by atoms with Crippen LogP contribution in [0, 0.1) is 5.82 Å². The van der Waals surface area contributed by atoms with Gasteiger partial charge >= 0.3 is 0 Å². The van der Waals surface area contributed by atoms with Crippen molar-refractivity contribution in [3.63, 3.8) is 0 Å². The molecule has 0 radical (unpaired) electrons. The molecule has 2 aliphatic rings. The molecule has 1 aliphatic carbocycles. The van der Waals surface area contributed by atoms with Gasteiger partial charge < -0.3 is 14.7 Å². The van der Waals surface area contributed by atoms with Gasteiger partial charge in [0.2, 0.25) is 5.95 Å². The first-order valence-corrected chi connectivity index (χ1v) is 13.5. The van der Waals surface area contributed by atoms with Crippen molar-refractivity contribution >= 4 is 39.2 Å². The Labute approximate surface area is 221 Å². The molecule has 2 fully saturated rings. The lowest BCUT2D eigenvalue weighted by Crippen LogP contribution is -2.43. The van der Waals surface area contributed by atoms with Gasteiger partial charge in [-0.1, -0.05) is 22.9 Å². The van der Waals surface area contributed by atoms with Gasteiger partial charge in [0.1, 0.15) is 16.6 Å². The van der Waals surface area contributed by atoms with Gasteiger partial charge in [0.05, 0.1) is 43.7 Å². The molecule has 0 amide bonds. The van der Waals surface area contributed by atoms with Gasteiger partial charge in [-0.15, -0.1) is 0 Å². The highest BCUT2D eigenvalue weighted by Crippen LogP contribution is 2.37. The number of aliphatic hydroxyl groups is 1. The number of aliphatic hydroxyl groups excluding tert-OH is 1. The molecule has 1 N–H and O–H groups in total. The number of hydrogen-bond acceptors (Lipinski definition) is 8. The van der Waals surface area contributed by atoms with Gasteiger partial charge in [-0.3, -0.25) is 14.2 Å². The lowest BCUT2D eigenvalue weighted by Gasteiger charge is -2.36. The van der Waals surface area contributed by atoms with Crippen molar-refractivity contribution in [2.45, 2.75) is 44.6 Å². The van der Waals surface area contributed by atoms with Crippen molar-refractivity contribution in [1.29, 1.82) is 0 Å². The second-order valence-corrected chi connectivity index (χ2v) is 10.9. The number of halogens is 2. The number of hydrogen-bond donors (Lipinski definition) is 1. The number of morpholine rings is 1. The fourth-order valence-electron chi connectivity index (χ4n) is 4.77. The van der Waals surface area contributed by atoms with E-state index in [-0.39, 0.29) is 18.8 Å². The van der Waals surface area contributed by atoms with Crippen molar-refractivity contribution in [2.75, 3.05) is 31.6 Å². The molecule has 1 saturated carbocycles. The number of fused-ring (bicyclic) bond motifs is 1. The Hall–Kier alpha value is -2.86. The molecule has 194 valence electrons. The van der Waals surface area contributed by atoms with Crippen molar-refractivity contribution in [3.8, 4) is 11.3 Å². The summed E-state index contributed by atoms with van der Waals surface area (Å²) in [5.74, 6) is 0.00925. The second kappa shape index (κ2) is 9.79. The third kappa shape index (κ3) is 4.65. The molecule has 3 aromatic heterocycles. The average Bonchev–Trinajstić information content (AvgIpc) is 3.50. The summed E-state index contributed by atoms with van der Waals surface area (Å²) >= 11 is 7.41. The Bertz CT molecular complexity index is 1530. The van der Waals surface area contributed by atoms with Crippen LogP contribution in [0.25, 0.3) is 21.6 Å². The smallest absolute Gasteiger partial charge is 0.228 e. The van der Waals surface area contributed by atoms with Gasteiger partial charge in [0.15, 0.2) is 10.4 Å². The van der Waals surface area contributed by atoms with E-state index in [0.717, 1.165) is 18.4 Å². The maximum Gasteiger partial charge on any atom is 0.228 e. The maximum atomic E-state index is 15.1. The standard InChI is InChI=1S/C25H27ClFN7O2S/c1-14-11-32(13-20(36-14)15-10-29-34(12-15)17-4-5-17)24-30-21(18-6-3-16(26)9-19(18)27)22-23(31-24)33(7-8-35)25(28-2)37-22/h3,6,9-10,12,14,17,20,35H,4-5,7-8,11,13H2,1-2H3/b28-25+/t14-,20-/m1/s1. The molecular formula is C25H27ClFN7O2S. The minimum atomic E-state index is -0.462. The molecular weight excluding hydrogens is 517 g/mol. The number of rotatable bonds is 6. The summed E-state index contributed by atoms with van der Waals surface area (Å²) in [4.78, 5) is 16.9. The number of anilines is 1. The van der Waals surface area contributed by atoms with E-state index in [0.29, 0.717) is 63.1 Å². The normalized spacial score (nSPS) is 20.8. The van der Waals surface area contributed by atoms with Crippen LogP contribution in [0.3, 0.4) is 0 Å². The van der Waals surface area contributed by atoms with Crippen LogP contribution in [0.2, 0.25) is 5.02 Å². The molecule has 12 heteroatoms. The van der Waals surface area contributed by atoms with Crippen molar-refractivity contribution < 1.29 is 14.2 Å². The van der Waals surface area contributed by atoms with Crippen LogP contribution < -0.4 is 9.70 Å². The summed E-state index contributed by atoms with van der Waals surface area (Å²) < 4.78 is 26.0. The van der Waals surface area contributed by atoms with Crippen LogP contribution in [0.4, 0.5) is 10.3 Å². The van der Waals surface area contributed by atoms with E-state index < -0.39 is 5.82 Å². The van der Waals surface area contributed by atoms with Crippen LogP contribution in [-0.2, 0) is 11.3 Å². The highest BCUT2D eigenvalue weighted by Gasteiger charge is 2.32. The minimum Gasteiger partial charge on any atom is -0.395 e. The third-order valence-corrected chi connectivity index (χ3v) is 8.08. The number of ether oxygens (including phenoxy) is 1. The van der Waals surface area contributed by atoms with Crippen molar-refractivity contribution in [1.82, 2.24) is 24.3 Å². The van der Waals surface area contributed by atoms with Gasteiger partial charge in [-0.2, -0.15) is 10.1 Å². The molecule has 0 spiro atoms. The fraction of sp³-hybridized carbons (Fsp3) is 0.440. The third-order valence-electron chi connectivity index (χ3n) is 6.67. The molecule has 2 atom stereocenters. The highest BCUT2D eigenvalue weighted by atomic mass is 35.5. The zero-order chi connectivity index (χ0) is 25.7. The molecule has 9 nitrogen and oxygen atoms in total. The molecule has 0 unspecified atom stereocenters. The van der Waals surface area contributed by atoms with E-state index in [1.54, 1.807) is 19.2 Å². The highest BCUT2D eigenvalue weighted by molar-refractivity contribution is 7.16. The van der Waals surface area contributed by atoms with Crippen LogP contribution in [0.1, 0.15) is 37.5 Å². The SMILES string of the molecule is C/N=c1/sc2c(-c3ccc(Cl)cc3F)nc(N3C[C@@H](C)O[C@@H](c4cnn(C5CC5)c4)C3)nc2n1CCO. The van der Waals surface area contributed by atoms with Gasteiger partial charge in [0, 0.05) is 35.9 Å². The first kappa shape index (κ1) is 24.5. The predicted molar refractivity (Wildman–Crippen MR) is 140 cm³/mol. The van der Waals surface area contributed by atoms with Crippen molar-refractivity contribution in [2.24, 2.45) is 4.99 Å². The largest absolute Gasteiger partial charge is 0.395 e. The zero-order valence-corrected chi connectivity index (χ0v) is 22.1. The zero-order valence-electron chi connectivity index (χ0n) is 20.5. The van der Waals surface area contributed by atoms with Gasteiger partial charge in [-0.25, -0.2) is 9.37 Å². The Morgan fingerprint density at radius 3 is 2.84 bits per heavy atom. The molecule has 4 heterocycles. The van der Waals surface area contributed by atoms with Crippen LogP contribution in [0.5, 0.6) is 0 Å². The van der Waals surface area contributed by atoms with Crippen LogP contribution >= 0.6 is 22.9 Å². The van der Waals surface area contributed by atoms with E-state index in [2.05, 4.69) is 21.2 Å². The summed E-state index contributed by atoms with van der Waals surface area (Å²) in [5, 5.41) is 14.6. The molecule has 4 aromatic rings. The van der Waals surface area contributed by atoms with Crippen LogP contribution in [-0.4, -0.2) is 62.3 Å². The number of benzene rings is 1. The summed E-state index contributed by atoms with van der Waals surface area (Å²) in [6.07, 6.45) is 5.99. The van der Waals surface area contributed by atoms with E-state index in [1.807, 2.05) is 22.4 Å². The Morgan fingerprint density at radius 2 is 2.11 bits per heavy atom.